The number of anilines is 1. The zero-order valence-corrected chi connectivity index (χ0v) is 11.6. The monoisotopic (exact) mass is 273 g/mol. The average molecular weight is 273 g/mol. The Labute approximate surface area is 117 Å². The summed E-state index contributed by atoms with van der Waals surface area (Å²) in [5.41, 5.74) is 7.67. The molecule has 0 aliphatic heterocycles. The second-order valence-electron chi connectivity index (χ2n) is 5.56. The van der Waals surface area contributed by atoms with Crippen LogP contribution in [0.2, 0.25) is 0 Å². The Hall–Kier alpha value is -1.88. The van der Waals surface area contributed by atoms with Crippen molar-refractivity contribution in [3.8, 4) is 0 Å². The van der Waals surface area contributed by atoms with Crippen LogP contribution in [-0.2, 0) is 4.79 Å². The lowest BCUT2D eigenvalue weighted by molar-refractivity contribution is -0.124. The Morgan fingerprint density at radius 3 is 2.90 bits per heavy atom. The van der Waals surface area contributed by atoms with Crippen molar-refractivity contribution in [2.75, 3.05) is 11.9 Å². The van der Waals surface area contributed by atoms with Crippen LogP contribution >= 0.6 is 0 Å². The Balaban J connectivity index is 1.83. The summed E-state index contributed by atoms with van der Waals surface area (Å²) in [6.45, 7) is 2.21. The summed E-state index contributed by atoms with van der Waals surface area (Å²) < 4.78 is 5.42. The van der Waals surface area contributed by atoms with Gasteiger partial charge in [0.05, 0.1) is 5.41 Å². The Morgan fingerprint density at radius 1 is 1.45 bits per heavy atom. The first-order chi connectivity index (χ1) is 9.63. The lowest BCUT2D eigenvalue weighted by Crippen LogP contribution is -2.40. The number of carbonyl (C=O) groups excluding carboxylic acids is 1. The Morgan fingerprint density at radius 2 is 2.20 bits per heavy atom. The highest BCUT2D eigenvalue weighted by molar-refractivity contribution is 5.97. The van der Waals surface area contributed by atoms with Gasteiger partial charge in [0.25, 0.3) is 0 Å². The maximum Gasteiger partial charge on any atom is 0.231 e. The third kappa shape index (κ3) is 2.18. The lowest BCUT2D eigenvalue weighted by atomic mass is 9.85. The van der Waals surface area contributed by atoms with E-state index in [4.69, 9.17) is 10.2 Å². The van der Waals surface area contributed by atoms with Crippen LogP contribution in [0.5, 0.6) is 0 Å². The second kappa shape index (κ2) is 4.90. The van der Waals surface area contributed by atoms with Crippen LogP contribution in [0.4, 0.5) is 5.69 Å². The number of carbonyl (C=O) groups is 1. The molecule has 1 aromatic heterocycles. The molecular formula is C15H19N3O2. The van der Waals surface area contributed by atoms with Gasteiger partial charge in [0.2, 0.25) is 5.91 Å². The SMILES string of the molecule is Cc1nc2cc(NC(=O)C3(CN)CCCC3)ccc2o1. The number of oxazole rings is 1. The second-order valence-corrected chi connectivity index (χ2v) is 5.56. The van der Waals surface area contributed by atoms with Gasteiger partial charge in [0.15, 0.2) is 11.5 Å². The highest BCUT2D eigenvalue weighted by atomic mass is 16.3. The van der Waals surface area contributed by atoms with Gasteiger partial charge in [-0.3, -0.25) is 4.79 Å². The molecule has 1 amide bonds. The predicted molar refractivity (Wildman–Crippen MR) is 77.3 cm³/mol. The van der Waals surface area contributed by atoms with Gasteiger partial charge in [-0.2, -0.15) is 0 Å². The highest BCUT2D eigenvalue weighted by Gasteiger charge is 2.39. The summed E-state index contributed by atoms with van der Waals surface area (Å²) in [7, 11) is 0. The molecule has 0 unspecified atom stereocenters. The molecule has 5 nitrogen and oxygen atoms in total. The van der Waals surface area contributed by atoms with Crippen LogP contribution in [0.3, 0.4) is 0 Å². The molecule has 1 aliphatic carbocycles. The number of benzene rings is 1. The normalized spacial score (nSPS) is 17.5. The molecule has 106 valence electrons. The lowest BCUT2D eigenvalue weighted by Gasteiger charge is -2.25. The van der Waals surface area contributed by atoms with E-state index in [1.165, 1.54) is 0 Å². The number of aryl methyl sites for hydroxylation is 1. The van der Waals surface area contributed by atoms with Gasteiger partial charge in [-0.15, -0.1) is 0 Å². The molecule has 1 fully saturated rings. The molecule has 0 saturated heterocycles. The maximum absolute atomic E-state index is 12.5. The molecule has 20 heavy (non-hydrogen) atoms. The summed E-state index contributed by atoms with van der Waals surface area (Å²) >= 11 is 0. The number of rotatable bonds is 3. The fraction of sp³-hybridized carbons (Fsp3) is 0.467. The number of amides is 1. The van der Waals surface area contributed by atoms with Crippen molar-refractivity contribution < 1.29 is 9.21 Å². The van der Waals surface area contributed by atoms with E-state index in [2.05, 4.69) is 10.3 Å². The van der Waals surface area contributed by atoms with E-state index in [1.807, 2.05) is 18.2 Å². The van der Waals surface area contributed by atoms with Crippen molar-refractivity contribution in [2.45, 2.75) is 32.6 Å². The van der Waals surface area contributed by atoms with Gasteiger partial charge in [0.1, 0.15) is 5.52 Å². The topological polar surface area (TPSA) is 81.2 Å². The quantitative estimate of drug-likeness (QED) is 0.900. The number of fused-ring (bicyclic) bond motifs is 1. The zero-order valence-electron chi connectivity index (χ0n) is 11.6. The average Bonchev–Trinajstić information content (AvgIpc) is 3.04. The van der Waals surface area contributed by atoms with E-state index in [0.29, 0.717) is 12.4 Å². The maximum atomic E-state index is 12.5. The fourth-order valence-electron chi connectivity index (χ4n) is 2.96. The Bertz CT molecular complexity index is 642. The first-order valence-corrected chi connectivity index (χ1v) is 7.02. The number of nitrogens with zero attached hydrogens (tertiary/aromatic N) is 1. The molecule has 0 atom stereocenters. The van der Waals surface area contributed by atoms with Gasteiger partial charge in [0, 0.05) is 19.2 Å². The minimum Gasteiger partial charge on any atom is -0.441 e. The molecule has 3 rings (SSSR count). The van der Waals surface area contributed by atoms with Crippen molar-refractivity contribution in [3.05, 3.63) is 24.1 Å². The first-order valence-electron chi connectivity index (χ1n) is 7.02. The van der Waals surface area contributed by atoms with Crippen molar-refractivity contribution in [2.24, 2.45) is 11.1 Å². The summed E-state index contributed by atoms with van der Waals surface area (Å²) in [6.07, 6.45) is 3.90. The van der Waals surface area contributed by atoms with E-state index in [-0.39, 0.29) is 5.91 Å². The molecule has 0 spiro atoms. The fourth-order valence-corrected chi connectivity index (χ4v) is 2.96. The van der Waals surface area contributed by atoms with Crippen molar-refractivity contribution in [1.82, 2.24) is 4.98 Å². The van der Waals surface area contributed by atoms with E-state index >= 15 is 0 Å². The third-order valence-corrected chi connectivity index (χ3v) is 4.19. The minimum atomic E-state index is -0.394. The van der Waals surface area contributed by atoms with E-state index < -0.39 is 5.41 Å². The van der Waals surface area contributed by atoms with Crippen LogP contribution in [0.25, 0.3) is 11.1 Å². The third-order valence-electron chi connectivity index (χ3n) is 4.19. The number of aromatic nitrogens is 1. The van der Waals surface area contributed by atoms with Crippen molar-refractivity contribution in [1.29, 1.82) is 0 Å². The van der Waals surface area contributed by atoms with Crippen molar-refractivity contribution >= 4 is 22.7 Å². The van der Waals surface area contributed by atoms with Crippen LogP contribution in [0.15, 0.2) is 22.6 Å². The summed E-state index contributed by atoms with van der Waals surface area (Å²) in [5, 5.41) is 2.98. The van der Waals surface area contributed by atoms with Gasteiger partial charge >= 0.3 is 0 Å². The smallest absolute Gasteiger partial charge is 0.231 e. The molecule has 0 radical (unpaired) electrons. The summed E-state index contributed by atoms with van der Waals surface area (Å²) in [5.74, 6) is 0.648. The minimum absolute atomic E-state index is 0.0251. The number of nitrogens with two attached hydrogens (primary N) is 1. The van der Waals surface area contributed by atoms with Gasteiger partial charge in [-0.05, 0) is 31.0 Å². The number of nitrogens with one attached hydrogen (secondary N) is 1. The molecular weight excluding hydrogens is 254 g/mol. The molecule has 1 saturated carbocycles. The predicted octanol–water partition coefficient (Wildman–Crippen LogP) is 2.59. The van der Waals surface area contributed by atoms with Crippen LogP contribution in [0.1, 0.15) is 31.6 Å². The first kappa shape index (κ1) is 13.1. The summed E-state index contributed by atoms with van der Waals surface area (Å²) in [6, 6.07) is 5.50. The molecule has 2 aromatic rings. The molecule has 0 bridgehead atoms. The largest absolute Gasteiger partial charge is 0.441 e. The number of hydrogen-bond acceptors (Lipinski definition) is 4. The highest BCUT2D eigenvalue weighted by Crippen LogP contribution is 2.38. The zero-order chi connectivity index (χ0) is 14.2. The van der Waals surface area contributed by atoms with E-state index in [9.17, 15) is 4.79 Å². The molecule has 1 aromatic carbocycles. The van der Waals surface area contributed by atoms with E-state index in [0.717, 1.165) is 42.5 Å². The van der Waals surface area contributed by atoms with Crippen LogP contribution in [-0.4, -0.2) is 17.4 Å². The van der Waals surface area contributed by atoms with Crippen LogP contribution < -0.4 is 11.1 Å². The van der Waals surface area contributed by atoms with Crippen molar-refractivity contribution in [3.63, 3.8) is 0 Å². The molecule has 1 heterocycles. The molecule has 5 heteroatoms. The van der Waals surface area contributed by atoms with Crippen LogP contribution in [0, 0.1) is 12.3 Å². The Kier molecular flexibility index (Phi) is 3.22. The molecule has 3 N–H and O–H groups in total. The number of hydrogen-bond donors (Lipinski definition) is 2. The van der Waals surface area contributed by atoms with Gasteiger partial charge in [-0.1, -0.05) is 12.8 Å². The standard InChI is InChI=1S/C15H19N3O2/c1-10-17-12-8-11(4-5-13(12)20-10)18-14(19)15(9-16)6-2-3-7-15/h4-5,8H,2-3,6-7,9,16H2,1H3,(H,18,19). The van der Waals surface area contributed by atoms with Gasteiger partial charge in [-0.25, -0.2) is 4.98 Å². The van der Waals surface area contributed by atoms with E-state index in [1.54, 1.807) is 6.92 Å². The summed E-state index contributed by atoms with van der Waals surface area (Å²) in [4.78, 5) is 16.7. The molecule has 1 aliphatic rings. The van der Waals surface area contributed by atoms with Gasteiger partial charge < -0.3 is 15.5 Å².